The molecule has 1 amide bonds. The number of amides is 1. The molecule has 1 aromatic heterocycles. The molecule has 1 N–H and O–H groups in total. The van der Waals surface area contributed by atoms with E-state index in [-0.39, 0.29) is 17.2 Å². The average Bonchev–Trinajstić information content (AvgIpc) is 3.19. The van der Waals surface area contributed by atoms with Crippen molar-refractivity contribution in [2.45, 2.75) is 32.6 Å². The monoisotopic (exact) mass is 361 g/mol. The molecule has 0 saturated heterocycles. The van der Waals surface area contributed by atoms with Gasteiger partial charge in [-0.3, -0.25) is 20.3 Å². The number of rotatable bonds is 6. The highest BCUT2D eigenvalue weighted by Crippen LogP contribution is 2.30. The number of amidine groups is 2. The van der Waals surface area contributed by atoms with Gasteiger partial charge in [0, 0.05) is 0 Å². The number of aliphatic imine (C=N–C) groups is 1. The highest BCUT2D eigenvalue weighted by Gasteiger charge is 2.35. The Bertz CT molecular complexity index is 839. The minimum absolute atomic E-state index is 0.0212. The molecular formula is C15H15N5O4S. The second-order valence-electron chi connectivity index (χ2n) is 5.40. The van der Waals surface area contributed by atoms with Gasteiger partial charge in [-0.1, -0.05) is 19.8 Å². The van der Waals surface area contributed by atoms with Crippen molar-refractivity contribution in [2.75, 3.05) is 0 Å². The number of nitro groups is 1. The molecule has 3 rings (SSSR count). The van der Waals surface area contributed by atoms with E-state index in [1.54, 1.807) is 0 Å². The molecule has 0 bridgehead atoms. The molecule has 2 aliphatic heterocycles. The Kier molecular flexibility index (Phi) is 4.79. The number of nitrogens with one attached hydrogen (secondary N) is 1. The van der Waals surface area contributed by atoms with E-state index < -0.39 is 16.7 Å². The third-order valence-electron chi connectivity index (χ3n) is 3.57. The Labute approximate surface area is 147 Å². The fourth-order valence-corrected chi connectivity index (χ4v) is 3.25. The van der Waals surface area contributed by atoms with Crippen LogP contribution in [0.5, 0.6) is 0 Å². The van der Waals surface area contributed by atoms with E-state index in [4.69, 9.17) is 9.83 Å². The first-order chi connectivity index (χ1) is 12.0. The van der Waals surface area contributed by atoms with Crippen LogP contribution in [-0.2, 0) is 4.79 Å². The second-order valence-corrected chi connectivity index (χ2v) is 6.44. The maximum atomic E-state index is 12.2. The van der Waals surface area contributed by atoms with E-state index in [1.807, 2.05) is 0 Å². The molecule has 0 atom stereocenters. The normalized spacial score (nSPS) is 18.4. The number of carbonyl (C=O) groups is 1. The number of furan rings is 1. The van der Waals surface area contributed by atoms with Gasteiger partial charge in [0.25, 0.3) is 5.91 Å². The molecule has 0 aromatic carbocycles. The van der Waals surface area contributed by atoms with E-state index in [0.29, 0.717) is 5.17 Å². The third kappa shape index (κ3) is 3.53. The Morgan fingerprint density at radius 1 is 1.44 bits per heavy atom. The van der Waals surface area contributed by atoms with Crippen LogP contribution >= 0.6 is 11.8 Å². The van der Waals surface area contributed by atoms with Gasteiger partial charge in [-0.15, -0.1) is 0 Å². The molecule has 1 aromatic rings. The largest absolute Gasteiger partial charge is 0.433 e. The molecular weight excluding hydrogens is 346 g/mol. The molecule has 0 unspecified atom stereocenters. The maximum Gasteiger partial charge on any atom is 0.433 e. The minimum Gasteiger partial charge on any atom is -0.401 e. The van der Waals surface area contributed by atoms with Crippen molar-refractivity contribution >= 4 is 45.7 Å². The van der Waals surface area contributed by atoms with Crippen molar-refractivity contribution in [1.29, 1.82) is 5.41 Å². The second kappa shape index (κ2) is 7.01. The van der Waals surface area contributed by atoms with E-state index in [9.17, 15) is 14.9 Å². The van der Waals surface area contributed by atoms with Crippen molar-refractivity contribution in [2.24, 2.45) is 10.1 Å². The predicted molar refractivity (Wildman–Crippen MR) is 94.5 cm³/mol. The van der Waals surface area contributed by atoms with Crippen LogP contribution in [-0.4, -0.2) is 31.9 Å². The zero-order valence-corrected chi connectivity index (χ0v) is 14.2. The number of nitrogens with zero attached hydrogens (tertiary/aromatic N) is 4. The van der Waals surface area contributed by atoms with Crippen LogP contribution in [0.15, 0.2) is 32.2 Å². The topological polar surface area (TPSA) is 125 Å². The SMILES string of the molecule is CCCCCC1=NN2C(=N)/C(=C/c3ccc([N+](=O)[O-])o3)C(=O)N=C2S1. The van der Waals surface area contributed by atoms with Crippen molar-refractivity contribution < 1.29 is 14.1 Å². The number of hydrogen-bond donors (Lipinski definition) is 1. The highest BCUT2D eigenvalue weighted by molar-refractivity contribution is 8.26. The van der Waals surface area contributed by atoms with Crippen LogP contribution in [0, 0.1) is 15.5 Å². The van der Waals surface area contributed by atoms with Crippen LogP contribution in [0.25, 0.3) is 6.08 Å². The zero-order valence-electron chi connectivity index (χ0n) is 13.4. The lowest BCUT2D eigenvalue weighted by molar-refractivity contribution is -0.402. The van der Waals surface area contributed by atoms with Crippen LogP contribution < -0.4 is 0 Å². The first-order valence-corrected chi connectivity index (χ1v) is 8.54. The van der Waals surface area contributed by atoms with Gasteiger partial charge in [-0.2, -0.15) is 15.1 Å². The number of fused-ring (bicyclic) bond motifs is 1. The van der Waals surface area contributed by atoms with Crippen molar-refractivity contribution in [1.82, 2.24) is 5.01 Å². The summed E-state index contributed by atoms with van der Waals surface area (Å²) in [6, 6.07) is 2.55. The fourth-order valence-electron chi connectivity index (χ4n) is 2.32. The van der Waals surface area contributed by atoms with Gasteiger partial charge in [0.05, 0.1) is 11.6 Å². The molecule has 25 heavy (non-hydrogen) atoms. The lowest BCUT2D eigenvalue weighted by Crippen LogP contribution is -2.35. The smallest absolute Gasteiger partial charge is 0.401 e. The molecule has 0 fully saturated rings. The van der Waals surface area contributed by atoms with Crippen molar-refractivity contribution in [3.05, 3.63) is 33.6 Å². The van der Waals surface area contributed by atoms with Crippen LogP contribution in [0.3, 0.4) is 0 Å². The van der Waals surface area contributed by atoms with Crippen molar-refractivity contribution in [3.63, 3.8) is 0 Å². The van der Waals surface area contributed by atoms with Gasteiger partial charge in [-0.25, -0.2) is 0 Å². The molecule has 0 spiro atoms. The zero-order chi connectivity index (χ0) is 18.0. The summed E-state index contributed by atoms with van der Waals surface area (Å²) in [6.45, 7) is 2.11. The fraction of sp³-hybridized carbons (Fsp3) is 0.333. The molecule has 0 saturated carbocycles. The Morgan fingerprint density at radius 3 is 2.92 bits per heavy atom. The number of unbranched alkanes of at least 4 members (excludes halogenated alkanes) is 2. The lowest BCUT2D eigenvalue weighted by Gasteiger charge is -2.19. The molecule has 10 heteroatoms. The Hall–Kier alpha value is -2.75. The highest BCUT2D eigenvalue weighted by atomic mass is 32.2. The van der Waals surface area contributed by atoms with Crippen molar-refractivity contribution in [3.8, 4) is 0 Å². The molecule has 3 heterocycles. The standard InChI is InChI=1S/C15H15N5O4S/c1-2-3-4-5-11-18-19-13(16)10(14(21)17-15(19)25-11)8-9-6-7-12(24-9)20(22)23/h6-8,16H,2-5H2,1H3/b10-8-,16-13?. The maximum absolute atomic E-state index is 12.2. The van der Waals surface area contributed by atoms with Gasteiger partial charge in [0.2, 0.25) is 5.17 Å². The van der Waals surface area contributed by atoms with E-state index in [2.05, 4.69) is 17.0 Å². The summed E-state index contributed by atoms with van der Waals surface area (Å²) in [5, 5.41) is 25.7. The molecule has 9 nitrogen and oxygen atoms in total. The summed E-state index contributed by atoms with van der Waals surface area (Å²) >= 11 is 1.29. The summed E-state index contributed by atoms with van der Waals surface area (Å²) in [4.78, 5) is 26.1. The minimum atomic E-state index is -0.670. The summed E-state index contributed by atoms with van der Waals surface area (Å²) in [6.07, 6.45) is 5.22. The first kappa shape index (κ1) is 17.1. The summed E-state index contributed by atoms with van der Waals surface area (Å²) in [5.74, 6) is -1.03. The van der Waals surface area contributed by atoms with E-state index >= 15 is 0 Å². The van der Waals surface area contributed by atoms with E-state index in [1.165, 1.54) is 35.0 Å². The van der Waals surface area contributed by atoms with Gasteiger partial charge in [-0.05, 0) is 36.7 Å². The van der Waals surface area contributed by atoms with Gasteiger partial charge >= 0.3 is 5.88 Å². The Morgan fingerprint density at radius 2 is 2.24 bits per heavy atom. The van der Waals surface area contributed by atoms with Gasteiger partial charge in [0.1, 0.15) is 15.7 Å². The van der Waals surface area contributed by atoms with Crippen LogP contribution in [0.2, 0.25) is 0 Å². The third-order valence-corrected chi connectivity index (χ3v) is 4.54. The predicted octanol–water partition coefficient (Wildman–Crippen LogP) is 3.39. The van der Waals surface area contributed by atoms with Crippen LogP contribution in [0.1, 0.15) is 38.4 Å². The molecule has 0 aliphatic carbocycles. The molecule has 130 valence electrons. The lowest BCUT2D eigenvalue weighted by atomic mass is 10.1. The number of carbonyl (C=O) groups excluding carboxylic acids is 1. The first-order valence-electron chi connectivity index (χ1n) is 7.73. The summed E-state index contributed by atoms with van der Waals surface area (Å²) < 4.78 is 5.01. The van der Waals surface area contributed by atoms with Gasteiger partial charge < -0.3 is 4.42 Å². The number of thioether (sulfide) groups is 1. The molecule has 0 radical (unpaired) electrons. The molecule has 2 aliphatic rings. The Balaban J connectivity index is 1.82. The summed E-state index contributed by atoms with van der Waals surface area (Å²) in [5.41, 5.74) is -0.0212. The summed E-state index contributed by atoms with van der Waals surface area (Å²) in [7, 11) is 0. The average molecular weight is 361 g/mol. The van der Waals surface area contributed by atoms with E-state index in [0.717, 1.165) is 30.7 Å². The number of hydrogen-bond acceptors (Lipinski definition) is 7. The van der Waals surface area contributed by atoms with Crippen LogP contribution in [0.4, 0.5) is 5.88 Å². The quantitative estimate of drug-likeness (QED) is 0.358. The van der Waals surface area contributed by atoms with Gasteiger partial charge in [0.15, 0.2) is 5.84 Å². The number of hydrazone groups is 1.